The second-order valence-corrected chi connectivity index (χ2v) is 6.96. The van der Waals surface area contributed by atoms with Crippen LogP contribution in [0.1, 0.15) is 31.2 Å². The number of carbonyl (C=O) groups is 1. The van der Waals surface area contributed by atoms with Gasteiger partial charge in [0.25, 0.3) is 0 Å². The van der Waals surface area contributed by atoms with Crippen molar-refractivity contribution in [3.63, 3.8) is 0 Å². The van der Waals surface area contributed by atoms with Gasteiger partial charge in [-0.2, -0.15) is 0 Å². The molecule has 0 bridgehead atoms. The Kier molecular flexibility index (Phi) is 9.20. The molecular weight excluding hydrogens is 348 g/mol. The second kappa shape index (κ2) is 11.7. The lowest BCUT2D eigenvalue weighted by molar-refractivity contribution is -0.118. The van der Waals surface area contributed by atoms with Crippen molar-refractivity contribution in [2.75, 3.05) is 26.0 Å². The lowest BCUT2D eigenvalue weighted by Crippen LogP contribution is -2.27. The van der Waals surface area contributed by atoms with Gasteiger partial charge in [-0.05, 0) is 24.8 Å². The van der Waals surface area contributed by atoms with Gasteiger partial charge in [0.2, 0.25) is 5.91 Å². The Morgan fingerprint density at radius 3 is 2.77 bits per heavy atom. The minimum absolute atomic E-state index is 0.0167. The molecule has 1 N–H and O–H groups in total. The standard InChI is InChI=1S/C19H28N4O2S/c1-3-13-23-17(11-10-16-8-5-4-6-9-16)21-22-19(23)26-15-18(24)20-12-7-14-25-2/h4-6,8-9H,3,7,10-15H2,1-2H3,(H,20,24). The zero-order chi connectivity index (χ0) is 18.6. The molecule has 0 spiro atoms. The van der Waals surface area contributed by atoms with E-state index in [1.165, 1.54) is 17.3 Å². The molecule has 0 fully saturated rings. The first-order valence-corrected chi connectivity index (χ1v) is 10.1. The van der Waals surface area contributed by atoms with E-state index in [9.17, 15) is 4.79 Å². The predicted octanol–water partition coefficient (Wildman–Crippen LogP) is 2.72. The SMILES string of the molecule is CCCn1c(CCc2ccccc2)nnc1SCC(=O)NCCCOC. The third-order valence-corrected chi connectivity index (χ3v) is 4.87. The molecule has 1 amide bonds. The number of thioether (sulfide) groups is 1. The van der Waals surface area contributed by atoms with E-state index in [1.807, 2.05) is 6.07 Å². The fourth-order valence-corrected chi connectivity index (χ4v) is 3.40. The fourth-order valence-electron chi connectivity index (χ4n) is 2.59. The predicted molar refractivity (Wildman–Crippen MR) is 104 cm³/mol. The van der Waals surface area contributed by atoms with Gasteiger partial charge in [-0.15, -0.1) is 10.2 Å². The Bertz CT molecular complexity index is 661. The van der Waals surface area contributed by atoms with E-state index in [1.54, 1.807) is 7.11 Å². The molecule has 1 aromatic carbocycles. The summed E-state index contributed by atoms with van der Waals surface area (Å²) in [4.78, 5) is 11.9. The number of aryl methyl sites for hydroxylation is 2. The van der Waals surface area contributed by atoms with E-state index in [4.69, 9.17) is 4.74 Å². The number of benzene rings is 1. The van der Waals surface area contributed by atoms with Crippen LogP contribution in [0.2, 0.25) is 0 Å². The van der Waals surface area contributed by atoms with E-state index in [0.29, 0.717) is 18.9 Å². The quantitative estimate of drug-likeness (QED) is 0.456. The van der Waals surface area contributed by atoms with E-state index in [0.717, 1.165) is 43.2 Å². The first-order valence-electron chi connectivity index (χ1n) is 9.09. The van der Waals surface area contributed by atoms with E-state index in [2.05, 4.69) is 51.3 Å². The maximum absolute atomic E-state index is 11.9. The van der Waals surface area contributed by atoms with E-state index in [-0.39, 0.29) is 5.91 Å². The molecule has 0 radical (unpaired) electrons. The molecule has 1 heterocycles. The van der Waals surface area contributed by atoms with Crippen LogP contribution in [0.4, 0.5) is 0 Å². The van der Waals surface area contributed by atoms with Crippen molar-refractivity contribution in [1.82, 2.24) is 20.1 Å². The largest absolute Gasteiger partial charge is 0.385 e. The number of nitrogens with zero attached hydrogens (tertiary/aromatic N) is 3. The summed E-state index contributed by atoms with van der Waals surface area (Å²) in [5.41, 5.74) is 1.29. The van der Waals surface area contributed by atoms with Crippen molar-refractivity contribution in [2.45, 2.75) is 44.3 Å². The molecule has 142 valence electrons. The Balaban J connectivity index is 1.88. The van der Waals surface area contributed by atoms with Crippen molar-refractivity contribution in [1.29, 1.82) is 0 Å². The molecule has 6 nitrogen and oxygen atoms in total. The van der Waals surface area contributed by atoms with Crippen LogP contribution in [0.15, 0.2) is 35.5 Å². The zero-order valence-corrected chi connectivity index (χ0v) is 16.4. The zero-order valence-electron chi connectivity index (χ0n) is 15.6. The molecule has 0 saturated carbocycles. The van der Waals surface area contributed by atoms with Gasteiger partial charge < -0.3 is 14.6 Å². The van der Waals surface area contributed by atoms with Crippen molar-refractivity contribution in [3.8, 4) is 0 Å². The first-order chi connectivity index (χ1) is 12.7. The average molecular weight is 377 g/mol. The van der Waals surface area contributed by atoms with Crippen LogP contribution in [0.5, 0.6) is 0 Å². The van der Waals surface area contributed by atoms with Crippen LogP contribution < -0.4 is 5.32 Å². The number of carbonyl (C=O) groups excluding carboxylic acids is 1. The van der Waals surface area contributed by atoms with Gasteiger partial charge in [-0.1, -0.05) is 49.0 Å². The Morgan fingerprint density at radius 1 is 1.23 bits per heavy atom. The highest BCUT2D eigenvalue weighted by atomic mass is 32.2. The number of amides is 1. The van der Waals surface area contributed by atoms with Crippen LogP contribution in [0.3, 0.4) is 0 Å². The highest BCUT2D eigenvalue weighted by Crippen LogP contribution is 2.18. The highest BCUT2D eigenvalue weighted by Gasteiger charge is 2.13. The van der Waals surface area contributed by atoms with Gasteiger partial charge in [0.05, 0.1) is 5.75 Å². The summed E-state index contributed by atoms with van der Waals surface area (Å²) in [6.07, 6.45) is 3.61. The van der Waals surface area contributed by atoms with Gasteiger partial charge in [0.1, 0.15) is 5.82 Å². The van der Waals surface area contributed by atoms with Crippen molar-refractivity contribution in [2.24, 2.45) is 0 Å². The Hall–Kier alpha value is -1.86. The first kappa shape index (κ1) is 20.5. The molecule has 26 heavy (non-hydrogen) atoms. The molecule has 0 aliphatic carbocycles. The summed E-state index contributed by atoms with van der Waals surface area (Å²) in [5, 5.41) is 12.4. The smallest absolute Gasteiger partial charge is 0.230 e. The maximum atomic E-state index is 11.9. The van der Waals surface area contributed by atoms with Crippen molar-refractivity contribution < 1.29 is 9.53 Å². The van der Waals surface area contributed by atoms with E-state index >= 15 is 0 Å². The summed E-state index contributed by atoms with van der Waals surface area (Å²) in [7, 11) is 1.66. The molecular formula is C19H28N4O2S. The lowest BCUT2D eigenvalue weighted by atomic mass is 10.1. The van der Waals surface area contributed by atoms with Gasteiger partial charge >= 0.3 is 0 Å². The van der Waals surface area contributed by atoms with Gasteiger partial charge in [-0.3, -0.25) is 4.79 Å². The lowest BCUT2D eigenvalue weighted by Gasteiger charge is -2.09. The van der Waals surface area contributed by atoms with E-state index < -0.39 is 0 Å². The monoisotopic (exact) mass is 376 g/mol. The third-order valence-electron chi connectivity index (χ3n) is 3.90. The van der Waals surface area contributed by atoms with Crippen LogP contribution in [0.25, 0.3) is 0 Å². The summed E-state index contributed by atoms with van der Waals surface area (Å²) >= 11 is 1.45. The maximum Gasteiger partial charge on any atom is 0.230 e. The highest BCUT2D eigenvalue weighted by molar-refractivity contribution is 7.99. The summed E-state index contributed by atoms with van der Waals surface area (Å²) in [5.74, 6) is 1.36. The van der Waals surface area contributed by atoms with Crippen LogP contribution in [-0.4, -0.2) is 46.7 Å². The number of aromatic nitrogens is 3. The number of methoxy groups -OCH3 is 1. The molecule has 2 rings (SSSR count). The minimum Gasteiger partial charge on any atom is -0.385 e. The summed E-state index contributed by atoms with van der Waals surface area (Å²) in [6, 6.07) is 10.4. The molecule has 1 aromatic heterocycles. The van der Waals surface area contributed by atoms with Gasteiger partial charge in [-0.25, -0.2) is 0 Å². The van der Waals surface area contributed by atoms with Crippen LogP contribution >= 0.6 is 11.8 Å². The summed E-state index contributed by atoms with van der Waals surface area (Å²) < 4.78 is 7.12. The van der Waals surface area contributed by atoms with Crippen molar-refractivity contribution in [3.05, 3.63) is 41.7 Å². The number of hydrogen-bond acceptors (Lipinski definition) is 5. The second-order valence-electron chi connectivity index (χ2n) is 6.02. The number of hydrogen-bond donors (Lipinski definition) is 1. The third kappa shape index (κ3) is 6.80. The van der Waals surface area contributed by atoms with Crippen LogP contribution in [-0.2, 0) is 28.9 Å². The summed E-state index contributed by atoms with van der Waals surface area (Å²) in [6.45, 7) is 4.30. The van der Waals surface area contributed by atoms with Gasteiger partial charge in [0, 0.05) is 33.2 Å². The minimum atomic E-state index is 0.0167. The fraction of sp³-hybridized carbons (Fsp3) is 0.526. The van der Waals surface area contributed by atoms with Crippen LogP contribution in [0, 0.1) is 0 Å². The molecule has 0 aliphatic rings. The average Bonchev–Trinajstić information content (AvgIpc) is 3.05. The molecule has 0 unspecified atom stereocenters. The van der Waals surface area contributed by atoms with Crippen molar-refractivity contribution >= 4 is 17.7 Å². The number of rotatable bonds is 12. The number of nitrogens with one attached hydrogen (secondary N) is 1. The molecule has 0 atom stereocenters. The molecule has 7 heteroatoms. The Labute approximate surface area is 159 Å². The molecule has 0 aliphatic heterocycles. The molecule has 2 aromatic rings. The number of ether oxygens (including phenoxy) is 1. The Morgan fingerprint density at radius 2 is 2.04 bits per heavy atom. The normalized spacial score (nSPS) is 10.8. The van der Waals surface area contributed by atoms with Gasteiger partial charge in [0.15, 0.2) is 5.16 Å². The topological polar surface area (TPSA) is 69.0 Å². The molecule has 0 saturated heterocycles.